The Hall–Kier alpha value is -1.06. The fourth-order valence-electron chi connectivity index (χ4n) is 2.58. The first-order valence-corrected chi connectivity index (χ1v) is 6.87. The minimum atomic E-state index is 0. The molecule has 0 spiro atoms. The van der Waals surface area contributed by atoms with Crippen molar-refractivity contribution >= 4 is 24.0 Å². The van der Waals surface area contributed by atoms with Crippen LogP contribution >= 0.6 is 12.4 Å². The van der Waals surface area contributed by atoms with E-state index in [1.54, 1.807) is 0 Å². The van der Waals surface area contributed by atoms with Crippen molar-refractivity contribution in [2.24, 2.45) is 11.7 Å². The molecule has 1 aliphatic rings. The van der Waals surface area contributed by atoms with E-state index < -0.39 is 0 Å². The fraction of sp³-hybridized carbons (Fsp3) is 0.533. The van der Waals surface area contributed by atoms with Gasteiger partial charge in [-0.1, -0.05) is 37.8 Å². The van der Waals surface area contributed by atoms with E-state index in [4.69, 9.17) is 5.73 Å². The monoisotopic (exact) mass is 282 g/mol. The van der Waals surface area contributed by atoms with Gasteiger partial charge in [0.2, 0.25) is 5.91 Å². The maximum absolute atomic E-state index is 11.8. The zero-order valence-electron chi connectivity index (χ0n) is 11.2. The summed E-state index contributed by atoms with van der Waals surface area (Å²) in [5.41, 5.74) is 7.48. The van der Waals surface area contributed by atoms with E-state index in [1.807, 2.05) is 24.3 Å². The lowest BCUT2D eigenvalue weighted by atomic mass is 10.0. The number of halogens is 1. The molecular weight excluding hydrogens is 260 g/mol. The van der Waals surface area contributed by atoms with Gasteiger partial charge in [-0.05, 0) is 30.0 Å². The minimum absolute atomic E-state index is 0. The zero-order valence-corrected chi connectivity index (χ0v) is 12.0. The third-order valence-electron chi connectivity index (χ3n) is 3.73. The predicted octanol–water partition coefficient (Wildman–Crippen LogP) is 3.48. The van der Waals surface area contributed by atoms with Crippen LogP contribution in [0.4, 0.5) is 5.69 Å². The largest absolute Gasteiger partial charge is 0.326 e. The van der Waals surface area contributed by atoms with E-state index in [2.05, 4.69) is 5.32 Å². The van der Waals surface area contributed by atoms with Crippen molar-refractivity contribution < 1.29 is 4.79 Å². The minimum Gasteiger partial charge on any atom is -0.326 e. The van der Waals surface area contributed by atoms with E-state index in [9.17, 15) is 4.79 Å². The zero-order chi connectivity index (χ0) is 12.8. The molecule has 0 unspecified atom stereocenters. The molecule has 2 rings (SSSR count). The molecule has 1 aromatic carbocycles. The van der Waals surface area contributed by atoms with Gasteiger partial charge in [0, 0.05) is 18.7 Å². The second-order valence-electron chi connectivity index (χ2n) is 5.14. The molecular formula is C15H23ClN2O. The van der Waals surface area contributed by atoms with Crippen molar-refractivity contribution in [2.45, 2.75) is 45.1 Å². The molecule has 3 nitrogen and oxygen atoms in total. The summed E-state index contributed by atoms with van der Waals surface area (Å²) in [6, 6.07) is 7.73. The number of nitrogens with two attached hydrogens (primary N) is 1. The summed E-state index contributed by atoms with van der Waals surface area (Å²) in [6.07, 6.45) is 6.96. The number of carbonyl (C=O) groups excluding carboxylic acids is 1. The Kier molecular flexibility index (Phi) is 6.89. The molecule has 0 heterocycles. The first-order valence-electron chi connectivity index (χ1n) is 6.87. The van der Waals surface area contributed by atoms with Gasteiger partial charge in [0.1, 0.15) is 0 Å². The SMILES string of the molecule is Cl.NCc1ccc(NC(=O)CCC2CCCC2)cc1. The first-order chi connectivity index (χ1) is 8.78. The molecule has 0 atom stereocenters. The van der Waals surface area contributed by atoms with E-state index in [0.717, 1.165) is 23.6 Å². The second kappa shape index (κ2) is 8.18. The van der Waals surface area contributed by atoms with Gasteiger partial charge in [-0.25, -0.2) is 0 Å². The molecule has 4 heteroatoms. The number of nitrogens with one attached hydrogen (secondary N) is 1. The molecule has 0 saturated heterocycles. The van der Waals surface area contributed by atoms with Gasteiger partial charge in [0.15, 0.2) is 0 Å². The van der Waals surface area contributed by atoms with Crippen LogP contribution in [0.2, 0.25) is 0 Å². The topological polar surface area (TPSA) is 55.1 Å². The summed E-state index contributed by atoms with van der Waals surface area (Å²) in [5, 5.41) is 2.94. The molecule has 3 N–H and O–H groups in total. The third-order valence-corrected chi connectivity index (χ3v) is 3.73. The molecule has 19 heavy (non-hydrogen) atoms. The number of benzene rings is 1. The van der Waals surface area contributed by atoms with E-state index >= 15 is 0 Å². The van der Waals surface area contributed by atoms with Crippen LogP contribution in [0.25, 0.3) is 0 Å². The number of hydrogen-bond acceptors (Lipinski definition) is 2. The molecule has 0 bridgehead atoms. The second-order valence-corrected chi connectivity index (χ2v) is 5.14. The number of amides is 1. The highest BCUT2D eigenvalue weighted by atomic mass is 35.5. The van der Waals surface area contributed by atoms with Crippen molar-refractivity contribution in [3.05, 3.63) is 29.8 Å². The van der Waals surface area contributed by atoms with Gasteiger partial charge in [-0.15, -0.1) is 12.4 Å². The van der Waals surface area contributed by atoms with Crippen LogP contribution in [0.5, 0.6) is 0 Å². The van der Waals surface area contributed by atoms with Crippen molar-refractivity contribution in [1.82, 2.24) is 0 Å². The van der Waals surface area contributed by atoms with E-state index in [1.165, 1.54) is 25.7 Å². The summed E-state index contributed by atoms with van der Waals surface area (Å²) < 4.78 is 0. The summed E-state index contributed by atoms with van der Waals surface area (Å²) in [7, 11) is 0. The highest BCUT2D eigenvalue weighted by Gasteiger charge is 2.16. The summed E-state index contributed by atoms with van der Waals surface area (Å²) in [5.74, 6) is 0.901. The lowest BCUT2D eigenvalue weighted by Crippen LogP contribution is -2.12. The quantitative estimate of drug-likeness (QED) is 0.869. The smallest absolute Gasteiger partial charge is 0.224 e. The van der Waals surface area contributed by atoms with Gasteiger partial charge in [-0.2, -0.15) is 0 Å². The Balaban J connectivity index is 0.00000180. The van der Waals surface area contributed by atoms with Crippen LogP contribution < -0.4 is 11.1 Å². The lowest BCUT2D eigenvalue weighted by molar-refractivity contribution is -0.116. The van der Waals surface area contributed by atoms with Crippen molar-refractivity contribution in [3.63, 3.8) is 0 Å². The Labute approximate surface area is 121 Å². The summed E-state index contributed by atoms with van der Waals surface area (Å²) in [4.78, 5) is 11.8. The van der Waals surface area contributed by atoms with Gasteiger partial charge in [0.25, 0.3) is 0 Å². The Bertz CT molecular complexity index is 386. The fourth-order valence-corrected chi connectivity index (χ4v) is 2.58. The maximum atomic E-state index is 11.8. The average molecular weight is 283 g/mol. The molecule has 0 radical (unpaired) electrons. The maximum Gasteiger partial charge on any atom is 0.224 e. The molecule has 1 saturated carbocycles. The van der Waals surface area contributed by atoms with E-state index in [0.29, 0.717) is 13.0 Å². The Morgan fingerprint density at radius 3 is 2.42 bits per heavy atom. The number of hydrogen-bond donors (Lipinski definition) is 2. The van der Waals surface area contributed by atoms with Crippen LogP contribution in [-0.4, -0.2) is 5.91 Å². The Morgan fingerprint density at radius 1 is 1.21 bits per heavy atom. The van der Waals surface area contributed by atoms with Gasteiger partial charge < -0.3 is 11.1 Å². The summed E-state index contributed by atoms with van der Waals surface area (Å²) in [6.45, 7) is 0.538. The van der Waals surface area contributed by atoms with Crippen LogP contribution in [0.3, 0.4) is 0 Å². The lowest BCUT2D eigenvalue weighted by Gasteiger charge is -2.09. The molecule has 106 valence electrons. The van der Waals surface area contributed by atoms with Crippen LogP contribution in [-0.2, 0) is 11.3 Å². The molecule has 1 fully saturated rings. The molecule has 0 aromatic heterocycles. The van der Waals surface area contributed by atoms with Crippen LogP contribution in [0.15, 0.2) is 24.3 Å². The van der Waals surface area contributed by atoms with Crippen molar-refractivity contribution in [1.29, 1.82) is 0 Å². The van der Waals surface area contributed by atoms with Crippen molar-refractivity contribution in [2.75, 3.05) is 5.32 Å². The average Bonchev–Trinajstić information content (AvgIpc) is 2.90. The Morgan fingerprint density at radius 2 is 1.84 bits per heavy atom. The molecule has 1 aromatic rings. The van der Waals surface area contributed by atoms with Gasteiger partial charge in [0.05, 0.1) is 0 Å². The number of anilines is 1. The van der Waals surface area contributed by atoms with Crippen LogP contribution in [0.1, 0.15) is 44.1 Å². The van der Waals surface area contributed by atoms with Gasteiger partial charge >= 0.3 is 0 Å². The number of carbonyl (C=O) groups is 1. The van der Waals surface area contributed by atoms with Crippen LogP contribution in [0, 0.1) is 5.92 Å². The summed E-state index contributed by atoms with van der Waals surface area (Å²) >= 11 is 0. The molecule has 1 aliphatic carbocycles. The standard InChI is InChI=1S/C15H22N2O.ClH/c16-11-13-5-8-14(9-6-13)17-15(18)10-7-12-3-1-2-4-12;/h5-6,8-9,12H,1-4,7,10-11,16H2,(H,17,18);1H. The molecule has 1 amide bonds. The number of rotatable bonds is 5. The van der Waals surface area contributed by atoms with Crippen molar-refractivity contribution in [3.8, 4) is 0 Å². The highest BCUT2D eigenvalue weighted by molar-refractivity contribution is 5.90. The first kappa shape index (κ1) is 16.0. The third kappa shape index (κ3) is 5.21. The normalized spacial score (nSPS) is 15.0. The predicted molar refractivity (Wildman–Crippen MR) is 81.4 cm³/mol. The highest BCUT2D eigenvalue weighted by Crippen LogP contribution is 2.28. The molecule has 0 aliphatic heterocycles. The van der Waals surface area contributed by atoms with Gasteiger partial charge in [-0.3, -0.25) is 4.79 Å². The van der Waals surface area contributed by atoms with E-state index in [-0.39, 0.29) is 18.3 Å².